The number of aromatic nitrogens is 1. The summed E-state index contributed by atoms with van der Waals surface area (Å²) in [4.78, 5) is 4.27. The second-order valence-electron chi connectivity index (χ2n) is 6.20. The number of halogens is 1. The van der Waals surface area contributed by atoms with Crippen LogP contribution in [0.4, 0.5) is 0 Å². The number of pyridine rings is 1. The average Bonchev–Trinajstić information content (AvgIpc) is 3.20. The van der Waals surface area contributed by atoms with Crippen molar-refractivity contribution in [3.8, 4) is 0 Å². The lowest BCUT2D eigenvalue weighted by atomic mass is 9.74. The summed E-state index contributed by atoms with van der Waals surface area (Å²) in [6.45, 7) is 0. The number of nitrogens with zero attached hydrogens (tertiary/aromatic N) is 1. The molecule has 2 heteroatoms. The van der Waals surface area contributed by atoms with Gasteiger partial charge in [0.25, 0.3) is 0 Å². The summed E-state index contributed by atoms with van der Waals surface area (Å²) >= 11 is 5.89. The van der Waals surface area contributed by atoms with Crippen molar-refractivity contribution >= 4 is 11.6 Å². The van der Waals surface area contributed by atoms with Gasteiger partial charge in [-0.15, -0.1) is 0 Å². The lowest BCUT2D eigenvalue weighted by molar-refractivity contribution is 0.320. The van der Waals surface area contributed by atoms with E-state index >= 15 is 0 Å². The van der Waals surface area contributed by atoms with Gasteiger partial charge < -0.3 is 0 Å². The van der Waals surface area contributed by atoms with Crippen LogP contribution in [0.5, 0.6) is 0 Å². The molecule has 1 nitrogen and oxygen atoms in total. The fraction of sp³-hybridized carbons (Fsp3) is 0.533. The maximum atomic E-state index is 5.89. The van der Waals surface area contributed by atoms with Crippen molar-refractivity contribution in [3.05, 3.63) is 41.2 Å². The minimum Gasteiger partial charge on any atom is -0.244 e. The summed E-state index contributed by atoms with van der Waals surface area (Å²) in [6.07, 6.45) is 8.52. The Morgan fingerprint density at radius 3 is 2.76 bits per heavy atom. The third-order valence-electron chi connectivity index (χ3n) is 5.59. The van der Waals surface area contributed by atoms with Gasteiger partial charge in [-0.25, -0.2) is 4.98 Å². The Kier molecular flexibility index (Phi) is 1.49. The van der Waals surface area contributed by atoms with Crippen LogP contribution in [0.1, 0.15) is 17.9 Å². The van der Waals surface area contributed by atoms with Crippen molar-refractivity contribution in [3.63, 3.8) is 0 Å². The molecule has 3 saturated carbocycles. The Labute approximate surface area is 106 Å². The first-order valence-corrected chi connectivity index (χ1v) is 7.02. The van der Waals surface area contributed by atoms with E-state index in [4.69, 9.17) is 11.6 Å². The molecule has 5 rings (SSSR count). The second kappa shape index (κ2) is 2.77. The van der Waals surface area contributed by atoms with Gasteiger partial charge in [0.15, 0.2) is 0 Å². The zero-order chi connectivity index (χ0) is 11.1. The van der Waals surface area contributed by atoms with E-state index in [-0.39, 0.29) is 0 Å². The van der Waals surface area contributed by atoms with Crippen LogP contribution in [0.3, 0.4) is 0 Å². The van der Waals surface area contributed by atoms with Crippen LogP contribution < -0.4 is 0 Å². The highest BCUT2D eigenvalue weighted by Crippen LogP contribution is 2.77. The van der Waals surface area contributed by atoms with Crippen LogP contribution in [-0.4, -0.2) is 4.98 Å². The molecule has 0 radical (unpaired) electrons. The van der Waals surface area contributed by atoms with E-state index in [1.165, 1.54) is 12.0 Å². The Balaban J connectivity index is 1.60. The molecule has 1 heterocycles. The first kappa shape index (κ1) is 9.16. The van der Waals surface area contributed by atoms with E-state index in [9.17, 15) is 0 Å². The number of rotatable bonds is 1. The van der Waals surface area contributed by atoms with E-state index in [0.717, 1.165) is 41.4 Å². The van der Waals surface area contributed by atoms with Gasteiger partial charge in [-0.2, -0.15) is 0 Å². The lowest BCUT2D eigenvalue weighted by Crippen LogP contribution is -2.22. The smallest absolute Gasteiger partial charge is 0.129 e. The monoisotopic (exact) mass is 243 g/mol. The molecule has 2 bridgehead atoms. The van der Waals surface area contributed by atoms with Gasteiger partial charge in [-0.1, -0.05) is 29.8 Å². The molecule has 0 saturated heterocycles. The molecule has 4 aliphatic rings. The molecule has 0 N–H and O–H groups in total. The number of hydrogen-bond acceptors (Lipinski definition) is 1. The predicted octanol–water partition coefficient (Wildman–Crippen LogP) is 3.52. The fourth-order valence-electron chi connectivity index (χ4n) is 4.88. The Morgan fingerprint density at radius 1 is 1.06 bits per heavy atom. The van der Waals surface area contributed by atoms with E-state index < -0.39 is 0 Å². The molecule has 0 aromatic carbocycles. The van der Waals surface area contributed by atoms with E-state index in [0.29, 0.717) is 5.15 Å². The van der Waals surface area contributed by atoms with Crippen molar-refractivity contribution in [2.45, 2.75) is 12.3 Å². The minimum absolute atomic E-state index is 0.613. The zero-order valence-corrected chi connectivity index (χ0v) is 10.2. The van der Waals surface area contributed by atoms with Gasteiger partial charge in [0.1, 0.15) is 5.15 Å². The third-order valence-corrected chi connectivity index (χ3v) is 5.82. The van der Waals surface area contributed by atoms with Crippen molar-refractivity contribution in [2.75, 3.05) is 0 Å². The van der Waals surface area contributed by atoms with Gasteiger partial charge in [-0.3, -0.25) is 0 Å². The fourth-order valence-corrected chi connectivity index (χ4v) is 4.99. The van der Waals surface area contributed by atoms with E-state index in [1.54, 1.807) is 0 Å². The molecule has 3 fully saturated rings. The molecule has 7 atom stereocenters. The molecule has 4 aliphatic carbocycles. The van der Waals surface area contributed by atoms with Crippen molar-refractivity contribution in [1.82, 2.24) is 4.98 Å². The quantitative estimate of drug-likeness (QED) is 0.543. The van der Waals surface area contributed by atoms with Crippen LogP contribution in [0.15, 0.2) is 30.5 Å². The summed E-state index contributed by atoms with van der Waals surface area (Å²) in [7, 11) is 0. The minimum atomic E-state index is 0.613. The SMILES string of the molecule is Clc1ccc([C@H]2C3C4C=C[C@H]2[C@@H]2C[C@@H]2[C@@H]43)cn1. The molecule has 0 amide bonds. The highest BCUT2D eigenvalue weighted by atomic mass is 35.5. The zero-order valence-electron chi connectivity index (χ0n) is 9.46. The lowest BCUT2D eigenvalue weighted by Gasteiger charge is -2.30. The summed E-state index contributed by atoms with van der Waals surface area (Å²) in [5.74, 6) is 6.42. The first-order chi connectivity index (χ1) is 8.34. The van der Waals surface area contributed by atoms with Gasteiger partial charge in [-0.05, 0) is 59.5 Å². The third kappa shape index (κ3) is 1.05. The van der Waals surface area contributed by atoms with Gasteiger partial charge >= 0.3 is 0 Å². The van der Waals surface area contributed by atoms with Crippen molar-refractivity contribution in [1.29, 1.82) is 0 Å². The van der Waals surface area contributed by atoms with E-state index in [1.807, 2.05) is 12.3 Å². The number of fused-ring (bicyclic) bond motifs is 5. The van der Waals surface area contributed by atoms with Crippen molar-refractivity contribution in [2.24, 2.45) is 35.5 Å². The average molecular weight is 244 g/mol. The summed E-state index contributed by atoms with van der Waals surface area (Å²) in [6, 6.07) is 4.14. The maximum Gasteiger partial charge on any atom is 0.129 e. The molecular weight excluding hydrogens is 230 g/mol. The van der Waals surface area contributed by atoms with Crippen LogP contribution in [-0.2, 0) is 0 Å². The van der Waals surface area contributed by atoms with Crippen LogP contribution in [0, 0.1) is 35.5 Å². The molecule has 1 aromatic heterocycles. The normalized spacial score (nSPS) is 51.9. The number of hydrogen-bond donors (Lipinski definition) is 0. The molecule has 0 aliphatic heterocycles. The molecule has 0 spiro atoms. The Bertz CT molecular complexity index is 520. The van der Waals surface area contributed by atoms with Gasteiger partial charge in [0, 0.05) is 6.20 Å². The van der Waals surface area contributed by atoms with Crippen molar-refractivity contribution < 1.29 is 0 Å². The summed E-state index contributed by atoms with van der Waals surface area (Å²) in [5, 5.41) is 0.613. The van der Waals surface area contributed by atoms with Gasteiger partial charge in [0.2, 0.25) is 0 Å². The van der Waals surface area contributed by atoms with Crippen LogP contribution in [0.25, 0.3) is 0 Å². The second-order valence-corrected chi connectivity index (χ2v) is 6.59. The molecule has 1 aromatic rings. The van der Waals surface area contributed by atoms with Crippen LogP contribution >= 0.6 is 11.6 Å². The largest absolute Gasteiger partial charge is 0.244 e. The molecular formula is C15H14ClN. The highest BCUT2D eigenvalue weighted by Gasteiger charge is 2.70. The Morgan fingerprint density at radius 2 is 1.94 bits per heavy atom. The summed E-state index contributed by atoms with van der Waals surface area (Å²) < 4.78 is 0. The highest BCUT2D eigenvalue weighted by molar-refractivity contribution is 6.29. The molecule has 2 unspecified atom stereocenters. The standard InChI is InChI=1S/C15H14ClN/c16-12-4-1-7(6-17-12)13-8-2-3-9-14(15(9)13)11-5-10(8)11/h1-4,6,8-11,13-15H,5H2/t8-,9?,10-,11-,13+,14+,15?/m0/s1. The van der Waals surface area contributed by atoms with Crippen LogP contribution in [0.2, 0.25) is 5.15 Å². The molecule has 86 valence electrons. The predicted molar refractivity (Wildman–Crippen MR) is 66.7 cm³/mol. The molecule has 17 heavy (non-hydrogen) atoms. The first-order valence-electron chi connectivity index (χ1n) is 6.64. The van der Waals surface area contributed by atoms with E-state index in [2.05, 4.69) is 23.2 Å². The number of allylic oxidation sites excluding steroid dienone is 2. The summed E-state index contributed by atoms with van der Waals surface area (Å²) in [5.41, 5.74) is 1.42. The Hall–Kier alpha value is -0.820. The topological polar surface area (TPSA) is 12.9 Å². The maximum absolute atomic E-state index is 5.89. The van der Waals surface area contributed by atoms with Gasteiger partial charge in [0.05, 0.1) is 0 Å².